The summed E-state index contributed by atoms with van der Waals surface area (Å²) in [6.07, 6.45) is 0. The fourth-order valence-corrected chi connectivity index (χ4v) is 6.45. The highest BCUT2D eigenvalue weighted by Crippen LogP contribution is 2.26. The summed E-state index contributed by atoms with van der Waals surface area (Å²) in [6, 6.07) is 13.1. The zero-order valence-electron chi connectivity index (χ0n) is 15.7. The lowest BCUT2D eigenvalue weighted by Gasteiger charge is -2.33. The molecule has 0 spiro atoms. The SMILES string of the molecule is CC(C)c1ccc(S(=O)(=O)N2CCN(S(=O)(=O)c3ccccc3Cl)CC2)cc1. The zero-order chi connectivity index (χ0) is 20.5. The average molecular weight is 443 g/mol. The van der Waals surface area contributed by atoms with Crippen LogP contribution in [0.25, 0.3) is 0 Å². The van der Waals surface area contributed by atoms with Gasteiger partial charge in [-0.15, -0.1) is 0 Å². The topological polar surface area (TPSA) is 74.8 Å². The molecule has 1 aliphatic rings. The molecule has 152 valence electrons. The van der Waals surface area contributed by atoms with Gasteiger partial charge >= 0.3 is 0 Å². The zero-order valence-corrected chi connectivity index (χ0v) is 18.1. The van der Waals surface area contributed by atoms with Crippen LogP contribution in [0.2, 0.25) is 5.02 Å². The molecule has 1 saturated heterocycles. The maximum atomic E-state index is 12.9. The van der Waals surface area contributed by atoms with Crippen molar-refractivity contribution in [3.63, 3.8) is 0 Å². The molecule has 28 heavy (non-hydrogen) atoms. The van der Waals surface area contributed by atoms with Crippen molar-refractivity contribution in [3.8, 4) is 0 Å². The fraction of sp³-hybridized carbons (Fsp3) is 0.368. The van der Waals surface area contributed by atoms with E-state index in [1.807, 2.05) is 26.0 Å². The Morgan fingerprint density at radius 3 is 1.79 bits per heavy atom. The molecule has 0 atom stereocenters. The van der Waals surface area contributed by atoms with Gasteiger partial charge in [-0.2, -0.15) is 8.61 Å². The minimum Gasteiger partial charge on any atom is -0.207 e. The number of halogens is 1. The van der Waals surface area contributed by atoms with Gasteiger partial charge in [0.1, 0.15) is 4.90 Å². The Balaban J connectivity index is 1.75. The third-order valence-corrected chi connectivity index (χ3v) is 9.15. The molecule has 1 aliphatic heterocycles. The molecule has 0 saturated carbocycles. The van der Waals surface area contributed by atoms with Gasteiger partial charge in [-0.1, -0.05) is 49.7 Å². The summed E-state index contributed by atoms with van der Waals surface area (Å²) >= 11 is 6.03. The van der Waals surface area contributed by atoms with Crippen LogP contribution in [0.4, 0.5) is 0 Å². The number of rotatable bonds is 5. The van der Waals surface area contributed by atoms with Crippen LogP contribution in [0.3, 0.4) is 0 Å². The molecule has 9 heteroatoms. The first kappa shape index (κ1) is 21.3. The van der Waals surface area contributed by atoms with Gasteiger partial charge in [-0.25, -0.2) is 16.8 Å². The smallest absolute Gasteiger partial charge is 0.207 e. The maximum absolute atomic E-state index is 12.9. The molecule has 0 unspecified atom stereocenters. The first-order chi connectivity index (χ1) is 13.1. The lowest BCUT2D eigenvalue weighted by molar-refractivity contribution is 0.273. The van der Waals surface area contributed by atoms with Crippen LogP contribution < -0.4 is 0 Å². The summed E-state index contributed by atoms with van der Waals surface area (Å²) in [5, 5.41) is 0.155. The second-order valence-corrected chi connectivity index (χ2v) is 11.2. The van der Waals surface area contributed by atoms with Crippen LogP contribution in [-0.4, -0.2) is 51.6 Å². The molecule has 1 heterocycles. The van der Waals surface area contributed by atoms with Gasteiger partial charge in [0.2, 0.25) is 20.0 Å². The minimum atomic E-state index is -3.76. The number of nitrogens with zero attached hydrogens (tertiary/aromatic N) is 2. The average Bonchev–Trinajstić information content (AvgIpc) is 2.68. The van der Waals surface area contributed by atoms with E-state index >= 15 is 0 Å². The molecular weight excluding hydrogens is 420 g/mol. The Bertz CT molecular complexity index is 1040. The minimum absolute atomic E-state index is 0.0391. The number of piperazine rings is 1. The highest BCUT2D eigenvalue weighted by atomic mass is 35.5. The van der Waals surface area contributed by atoms with Crippen LogP contribution in [-0.2, 0) is 20.0 Å². The highest BCUT2D eigenvalue weighted by Gasteiger charge is 2.34. The largest absolute Gasteiger partial charge is 0.244 e. The van der Waals surface area contributed by atoms with Crippen molar-refractivity contribution in [1.82, 2.24) is 8.61 Å². The molecule has 0 aliphatic carbocycles. The van der Waals surface area contributed by atoms with Crippen molar-refractivity contribution in [3.05, 3.63) is 59.1 Å². The van der Waals surface area contributed by atoms with Crippen molar-refractivity contribution in [2.45, 2.75) is 29.6 Å². The quantitative estimate of drug-likeness (QED) is 0.712. The van der Waals surface area contributed by atoms with E-state index in [0.29, 0.717) is 5.92 Å². The predicted octanol–water partition coefficient (Wildman–Crippen LogP) is 3.16. The van der Waals surface area contributed by atoms with Gasteiger partial charge in [0.15, 0.2) is 0 Å². The van der Waals surface area contributed by atoms with E-state index < -0.39 is 20.0 Å². The monoisotopic (exact) mass is 442 g/mol. The lowest BCUT2D eigenvalue weighted by atomic mass is 10.0. The molecule has 0 aromatic heterocycles. The van der Waals surface area contributed by atoms with Gasteiger partial charge in [0.05, 0.1) is 9.92 Å². The summed E-state index contributed by atoms with van der Waals surface area (Å²) in [5.41, 5.74) is 1.06. The second-order valence-electron chi connectivity index (χ2n) is 6.96. The highest BCUT2D eigenvalue weighted by molar-refractivity contribution is 7.89. The van der Waals surface area contributed by atoms with Gasteiger partial charge < -0.3 is 0 Å². The molecule has 0 N–H and O–H groups in total. The normalized spacial score (nSPS) is 17.1. The molecule has 0 radical (unpaired) electrons. The second kappa shape index (κ2) is 8.12. The molecule has 0 bridgehead atoms. The predicted molar refractivity (Wildman–Crippen MR) is 110 cm³/mol. The molecule has 2 aromatic rings. The maximum Gasteiger partial charge on any atom is 0.244 e. The van der Waals surface area contributed by atoms with E-state index in [2.05, 4.69) is 0 Å². The van der Waals surface area contributed by atoms with Crippen LogP contribution in [0, 0.1) is 0 Å². The Morgan fingerprint density at radius 1 is 0.786 bits per heavy atom. The van der Waals surface area contributed by atoms with E-state index in [1.165, 1.54) is 20.7 Å². The van der Waals surface area contributed by atoms with Crippen molar-refractivity contribution in [1.29, 1.82) is 0 Å². The Morgan fingerprint density at radius 2 is 1.29 bits per heavy atom. The summed E-state index contributed by atoms with van der Waals surface area (Å²) in [5.74, 6) is 0.315. The lowest BCUT2D eigenvalue weighted by Crippen LogP contribution is -2.50. The van der Waals surface area contributed by atoms with Crippen molar-refractivity contribution in [2.75, 3.05) is 26.2 Å². The summed E-state index contributed by atoms with van der Waals surface area (Å²) in [4.78, 5) is 0.261. The molecule has 2 aromatic carbocycles. The first-order valence-electron chi connectivity index (χ1n) is 8.99. The van der Waals surface area contributed by atoms with Gasteiger partial charge in [-0.3, -0.25) is 0 Å². The third kappa shape index (κ3) is 4.11. The standard InChI is InChI=1S/C19H23ClN2O4S2/c1-15(2)16-7-9-17(10-8-16)27(23,24)21-11-13-22(14-12-21)28(25,26)19-6-4-3-5-18(19)20/h3-10,15H,11-14H2,1-2H3. The van der Waals surface area contributed by atoms with E-state index in [9.17, 15) is 16.8 Å². The van der Waals surface area contributed by atoms with Crippen LogP contribution in [0.15, 0.2) is 58.3 Å². The fourth-order valence-electron chi connectivity index (χ4n) is 3.12. The summed E-state index contributed by atoms with van der Waals surface area (Å²) < 4.78 is 54.0. The molecular formula is C19H23ClN2O4S2. The van der Waals surface area contributed by atoms with Crippen molar-refractivity contribution < 1.29 is 16.8 Å². The Kier molecular flexibility index (Phi) is 6.17. The summed E-state index contributed by atoms with van der Waals surface area (Å²) in [6.45, 7) is 4.44. The summed E-state index contributed by atoms with van der Waals surface area (Å²) in [7, 11) is -7.42. The van der Waals surface area contributed by atoms with Gasteiger partial charge in [-0.05, 0) is 35.7 Å². The van der Waals surface area contributed by atoms with Crippen LogP contribution in [0.5, 0.6) is 0 Å². The van der Waals surface area contributed by atoms with Crippen LogP contribution >= 0.6 is 11.6 Å². The van der Waals surface area contributed by atoms with Crippen molar-refractivity contribution in [2.24, 2.45) is 0 Å². The number of hydrogen-bond acceptors (Lipinski definition) is 4. The van der Waals surface area contributed by atoms with E-state index in [-0.39, 0.29) is 41.0 Å². The third-order valence-electron chi connectivity index (χ3n) is 4.84. The Hall–Kier alpha value is -1.45. The van der Waals surface area contributed by atoms with Crippen molar-refractivity contribution >= 4 is 31.6 Å². The number of sulfonamides is 2. The van der Waals surface area contributed by atoms with Gasteiger partial charge in [0.25, 0.3) is 0 Å². The molecule has 6 nitrogen and oxygen atoms in total. The molecule has 1 fully saturated rings. The van der Waals surface area contributed by atoms with E-state index in [0.717, 1.165) is 5.56 Å². The van der Waals surface area contributed by atoms with Crippen LogP contribution in [0.1, 0.15) is 25.3 Å². The Labute approximate surface area is 171 Å². The molecule has 0 amide bonds. The molecule has 3 rings (SSSR count). The van der Waals surface area contributed by atoms with Gasteiger partial charge in [0, 0.05) is 26.2 Å². The first-order valence-corrected chi connectivity index (χ1v) is 12.2. The van der Waals surface area contributed by atoms with E-state index in [4.69, 9.17) is 11.6 Å². The number of hydrogen-bond donors (Lipinski definition) is 0. The number of benzene rings is 2. The van der Waals surface area contributed by atoms with E-state index in [1.54, 1.807) is 24.3 Å².